The van der Waals surface area contributed by atoms with Crippen molar-refractivity contribution in [2.24, 2.45) is 0 Å². The Morgan fingerprint density at radius 2 is 2.00 bits per heavy atom. The van der Waals surface area contributed by atoms with E-state index in [4.69, 9.17) is 0 Å². The van der Waals surface area contributed by atoms with E-state index in [1.165, 1.54) is 0 Å². The largest absolute Gasteiger partial charge is 0.213 e. The number of hydrogen-bond acceptors (Lipinski definition) is 0. The summed E-state index contributed by atoms with van der Waals surface area (Å²) in [6, 6.07) is 0. The fraction of sp³-hybridized carbons (Fsp3) is 0.750. The predicted octanol–water partition coefficient (Wildman–Crippen LogP) is 3.74. The first-order chi connectivity index (χ1) is 4.81. The zero-order valence-electron chi connectivity index (χ0n) is 6.37. The molecule has 0 nitrogen and oxygen atoms in total. The molecule has 0 atom stereocenters. The molecule has 0 aliphatic heterocycles. The second-order valence-corrected chi connectivity index (χ2v) is 2.37. The third-order valence-corrected chi connectivity index (χ3v) is 1.39. The third-order valence-electron chi connectivity index (χ3n) is 1.39. The summed E-state index contributed by atoms with van der Waals surface area (Å²) in [6.45, 7) is 2.08. The van der Waals surface area contributed by atoms with Crippen LogP contribution in [0.4, 0.5) is 8.78 Å². The van der Waals surface area contributed by atoms with Gasteiger partial charge in [-0.15, -0.1) is 0 Å². The summed E-state index contributed by atoms with van der Waals surface area (Å²) in [5.74, 6) is -0.629. The Hall–Kier alpha value is -0.400. The van der Waals surface area contributed by atoms with Crippen molar-refractivity contribution in [3.05, 3.63) is 12.2 Å². The van der Waals surface area contributed by atoms with Gasteiger partial charge in [0.05, 0.1) is 0 Å². The molecule has 0 fully saturated rings. The van der Waals surface area contributed by atoms with E-state index in [0.717, 1.165) is 25.7 Å². The molecular formula is C8H14F2. The van der Waals surface area contributed by atoms with Crippen LogP contribution in [-0.4, -0.2) is 0 Å². The van der Waals surface area contributed by atoms with Crippen LogP contribution in [-0.2, 0) is 0 Å². The van der Waals surface area contributed by atoms with Gasteiger partial charge in [0.2, 0.25) is 0 Å². The van der Waals surface area contributed by atoms with Crippen molar-refractivity contribution >= 4 is 0 Å². The molecule has 0 saturated heterocycles. The van der Waals surface area contributed by atoms with E-state index in [-0.39, 0.29) is 12.8 Å². The lowest BCUT2D eigenvalue weighted by molar-refractivity contribution is 0.523. The Bertz CT molecular complexity index is 97.4. The molecule has 0 aliphatic carbocycles. The molecule has 0 heterocycles. The highest BCUT2D eigenvalue weighted by molar-refractivity contribution is 4.83. The van der Waals surface area contributed by atoms with Crippen LogP contribution in [0, 0.1) is 0 Å². The van der Waals surface area contributed by atoms with Gasteiger partial charge in [-0.25, -0.2) is 8.78 Å². The highest BCUT2D eigenvalue weighted by Crippen LogP contribution is 2.10. The van der Waals surface area contributed by atoms with Gasteiger partial charge in [-0.2, -0.15) is 0 Å². The standard InChI is InChI=1S/C8H14F2/c1-2-3-4-5-6-8(10)7-9/h7H,2-6H2,1H3. The minimum Gasteiger partial charge on any atom is -0.213 e. The second kappa shape index (κ2) is 6.72. The molecule has 0 radical (unpaired) electrons. The summed E-state index contributed by atoms with van der Waals surface area (Å²) in [5.41, 5.74) is 0. The van der Waals surface area contributed by atoms with Gasteiger partial charge in [-0.05, 0) is 6.42 Å². The van der Waals surface area contributed by atoms with Gasteiger partial charge >= 0.3 is 0 Å². The Morgan fingerprint density at radius 1 is 1.30 bits per heavy atom. The predicted molar refractivity (Wildman–Crippen MR) is 39.1 cm³/mol. The highest BCUT2D eigenvalue weighted by Gasteiger charge is 1.93. The molecule has 2 heteroatoms. The maximum absolute atomic E-state index is 12.0. The number of halogens is 2. The van der Waals surface area contributed by atoms with Gasteiger partial charge < -0.3 is 0 Å². The van der Waals surface area contributed by atoms with Crippen LogP contribution in [0.3, 0.4) is 0 Å². The smallest absolute Gasteiger partial charge is 0.128 e. The van der Waals surface area contributed by atoms with Crippen molar-refractivity contribution in [3.63, 3.8) is 0 Å². The molecule has 0 rings (SSSR count). The SMILES string of the molecule is CCCCCCC(F)=CF. The van der Waals surface area contributed by atoms with Crippen molar-refractivity contribution < 1.29 is 8.78 Å². The first-order valence-corrected chi connectivity index (χ1v) is 3.76. The van der Waals surface area contributed by atoms with E-state index in [1.54, 1.807) is 0 Å². The van der Waals surface area contributed by atoms with Crippen molar-refractivity contribution in [3.8, 4) is 0 Å². The molecule has 0 aromatic heterocycles. The van der Waals surface area contributed by atoms with Crippen LogP contribution in [0.1, 0.15) is 39.0 Å². The summed E-state index contributed by atoms with van der Waals surface area (Å²) < 4.78 is 23.4. The summed E-state index contributed by atoms with van der Waals surface area (Å²) in [5, 5.41) is 0. The van der Waals surface area contributed by atoms with E-state index < -0.39 is 5.83 Å². The maximum Gasteiger partial charge on any atom is 0.128 e. The lowest BCUT2D eigenvalue weighted by atomic mass is 10.1. The fourth-order valence-corrected chi connectivity index (χ4v) is 0.775. The maximum atomic E-state index is 12.0. The quantitative estimate of drug-likeness (QED) is 0.521. The Kier molecular flexibility index (Phi) is 6.45. The van der Waals surface area contributed by atoms with E-state index in [9.17, 15) is 8.78 Å². The first-order valence-electron chi connectivity index (χ1n) is 3.76. The average Bonchev–Trinajstić information content (AvgIpc) is 1.98. The number of rotatable bonds is 5. The van der Waals surface area contributed by atoms with Gasteiger partial charge in [0.15, 0.2) is 0 Å². The number of allylic oxidation sites excluding steroid dienone is 1. The molecule has 0 amide bonds. The minimum atomic E-state index is -0.629. The lowest BCUT2D eigenvalue weighted by Gasteiger charge is -1.94. The lowest BCUT2D eigenvalue weighted by Crippen LogP contribution is -1.77. The van der Waals surface area contributed by atoms with Crippen LogP contribution < -0.4 is 0 Å². The van der Waals surface area contributed by atoms with Gasteiger partial charge in [0, 0.05) is 6.42 Å². The normalized spacial score (nSPS) is 12.1. The van der Waals surface area contributed by atoms with E-state index >= 15 is 0 Å². The molecule has 0 saturated carbocycles. The molecule has 0 aliphatic rings. The molecular weight excluding hydrogens is 134 g/mol. The highest BCUT2D eigenvalue weighted by atomic mass is 19.2. The van der Waals surface area contributed by atoms with Crippen LogP contribution in [0.15, 0.2) is 12.2 Å². The minimum absolute atomic E-state index is 0.0476. The number of unbranched alkanes of at least 4 members (excludes halogenated alkanes) is 3. The van der Waals surface area contributed by atoms with Crippen molar-refractivity contribution in [1.29, 1.82) is 0 Å². The van der Waals surface area contributed by atoms with Crippen LogP contribution >= 0.6 is 0 Å². The Balaban J connectivity index is 3.04. The van der Waals surface area contributed by atoms with E-state index in [2.05, 4.69) is 6.92 Å². The van der Waals surface area contributed by atoms with Gasteiger partial charge in [0.1, 0.15) is 12.2 Å². The van der Waals surface area contributed by atoms with Gasteiger partial charge in [-0.1, -0.05) is 26.2 Å². The molecule has 0 bridgehead atoms. The third kappa shape index (κ3) is 5.73. The van der Waals surface area contributed by atoms with E-state index in [0.29, 0.717) is 0 Å². The second-order valence-electron chi connectivity index (χ2n) is 2.37. The zero-order chi connectivity index (χ0) is 7.82. The molecule has 60 valence electrons. The van der Waals surface area contributed by atoms with Gasteiger partial charge in [0.25, 0.3) is 0 Å². The van der Waals surface area contributed by atoms with Crippen molar-refractivity contribution in [2.45, 2.75) is 39.0 Å². The summed E-state index contributed by atoms with van der Waals surface area (Å²) in [4.78, 5) is 0. The van der Waals surface area contributed by atoms with Gasteiger partial charge in [-0.3, -0.25) is 0 Å². The van der Waals surface area contributed by atoms with E-state index in [1.807, 2.05) is 0 Å². The van der Waals surface area contributed by atoms with Crippen LogP contribution in [0.5, 0.6) is 0 Å². The van der Waals surface area contributed by atoms with Crippen LogP contribution in [0.25, 0.3) is 0 Å². The molecule has 0 unspecified atom stereocenters. The summed E-state index contributed by atoms with van der Waals surface area (Å²) >= 11 is 0. The van der Waals surface area contributed by atoms with Crippen molar-refractivity contribution in [1.82, 2.24) is 0 Å². The average molecular weight is 148 g/mol. The monoisotopic (exact) mass is 148 g/mol. The summed E-state index contributed by atoms with van der Waals surface area (Å²) in [7, 11) is 0. The Labute approximate surface area is 60.9 Å². The molecule has 0 N–H and O–H groups in total. The Morgan fingerprint density at radius 3 is 2.50 bits per heavy atom. The molecule has 0 spiro atoms. The summed E-state index contributed by atoms with van der Waals surface area (Å²) in [6.07, 6.45) is 4.31. The van der Waals surface area contributed by atoms with Crippen molar-refractivity contribution in [2.75, 3.05) is 0 Å². The molecule has 0 aromatic carbocycles. The zero-order valence-corrected chi connectivity index (χ0v) is 6.37. The number of hydrogen-bond donors (Lipinski definition) is 0. The topological polar surface area (TPSA) is 0 Å². The first kappa shape index (κ1) is 9.60. The van der Waals surface area contributed by atoms with Crippen LogP contribution in [0.2, 0.25) is 0 Å². The fourth-order valence-electron chi connectivity index (χ4n) is 0.775. The molecule has 10 heavy (non-hydrogen) atoms. The molecule has 0 aromatic rings.